The SMILES string of the molecule is Cl.O=C(Nc1ccc(C2CNCCO2)cc1)c1cnc(-c2ccccc2)s1. The van der Waals surface area contributed by atoms with Crippen molar-refractivity contribution >= 4 is 35.3 Å². The molecule has 0 spiro atoms. The van der Waals surface area contributed by atoms with Gasteiger partial charge in [-0.25, -0.2) is 4.98 Å². The summed E-state index contributed by atoms with van der Waals surface area (Å²) in [4.78, 5) is 17.4. The van der Waals surface area contributed by atoms with E-state index in [2.05, 4.69) is 15.6 Å². The number of benzene rings is 2. The Bertz CT molecular complexity index is 878. The molecule has 1 fully saturated rings. The number of hydrogen-bond acceptors (Lipinski definition) is 5. The van der Waals surface area contributed by atoms with Crippen molar-refractivity contribution < 1.29 is 9.53 Å². The number of rotatable bonds is 4. The number of aromatic nitrogens is 1. The molecule has 140 valence electrons. The Labute approximate surface area is 168 Å². The van der Waals surface area contributed by atoms with Crippen LogP contribution >= 0.6 is 23.7 Å². The zero-order valence-corrected chi connectivity index (χ0v) is 16.2. The molecule has 0 aliphatic carbocycles. The molecule has 2 heterocycles. The predicted molar refractivity (Wildman–Crippen MR) is 111 cm³/mol. The molecule has 1 atom stereocenters. The normalized spacial score (nSPS) is 16.4. The number of anilines is 1. The topological polar surface area (TPSA) is 63.2 Å². The molecule has 7 heteroatoms. The number of thiazole rings is 1. The van der Waals surface area contributed by atoms with Crippen molar-refractivity contribution in [2.24, 2.45) is 0 Å². The van der Waals surface area contributed by atoms with E-state index in [9.17, 15) is 4.79 Å². The average Bonchev–Trinajstić information content (AvgIpc) is 3.20. The fourth-order valence-electron chi connectivity index (χ4n) is 2.85. The highest BCUT2D eigenvalue weighted by molar-refractivity contribution is 7.17. The second-order valence-corrected chi connectivity index (χ2v) is 7.07. The second kappa shape index (κ2) is 9.10. The van der Waals surface area contributed by atoms with Crippen LogP contribution < -0.4 is 10.6 Å². The van der Waals surface area contributed by atoms with Gasteiger partial charge in [0.25, 0.3) is 5.91 Å². The van der Waals surface area contributed by atoms with Crippen LogP contribution in [0.5, 0.6) is 0 Å². The molecule has 5 nitrogen and oxygen atoms in total. The van der Waals surface area contributed by atoms with Gasteiger partial charge in [0.2, 0.25) is 0 Å². The predicted octanol–water partition coefficient (Wildman–Crippen LogP) is 4.15. The molecule has 4 rings (SSSR count). The summed E-state index contributed by atoms with van der Waals surface area (Å²) in [5.41, 5.74) is 2.89. The van der Waals surface area contributed by atoms with Crippen LogP contribution in [0.4, 0.5) is 5.69 Å². The first-order valence-corrected chi connectivity index (χ1v) is 9.36. The van der Waals surface area contributed by atoms with Crippen LogP contribution in [-0.2, 0) is 4.74 Å². The summed E-state index contributed by atoms with van der Waals surface area (Å²) in [6.45, 7) is 2.43. The number of carbonyl (C=O) groups excluding carboxylic acids is 1. The number of halogens is 1. The summed E-state index contributed by atoms with van der Waals surface area (Å²) in [6, 6.07) is 17.7. The van der Waals surface area contributed by atoms with Crippen molar-refractivity contribution in [1.29, 1.82) is 0 Å². The maximum absolute atomic E-state index is 12.5. The molecule has 1 amide bonds. The maximum Gasteiger partial charge on any atom is 0.267 e. The minimum absolute atomic E-state index is 0. The van der Waals surface area contributed by atoms with Crippen LogP contribution in [0, 0.1) is 0 Å². The van der Waals surface area contributed by atoms with Crippen LogP contribution in [0.3, 0.4) is 0 Å². The molecule has 1 saturated heterocycles. The third kappa shape index (κ3) is 4.73. The van der Waals surface area contributed by atoms with Gasteiger partial charge in [0.1, 0.15) is 9.88 Å². The largest absolute Gasteiger partial charge is 0.371 e. The minimum Gasteiger partial charge on any atom is -0.371 e. The Morgan fingerprint density at radius 1 is 1.15 bits per heavy atom. The summed E-state index contributed by atoms with van der Waals surface area (Å²) in [7, 11) is 0. The Morgan fingerprint density at radius 2 is 1.93 bits per heavy atom. The first-order chi connectivity index (χ1) is 12.8. The summed E-state index contributed by atoms with van der Waals surface area (Å²) >= 11 is 1.39. The first kappa shape index (κ1) is 19.5. The van der Waals surface area contributed by atoms with Gasteiger partial charge in [-0.15, -0.1) is 23.7 Å². The summed E-state index contributed by atoms with van der Waals surface area (Å²) in [5.74, 6) is -0.145. The number of nitrogens with one attached hydrogen (secondary N) is 2. The Hall–Kier alpha value is -2.25. The minimum atomic E-state index is -0.145. The number of ether oxygens (including phenoxy) is 1. The van der Waals surface area contributed by atoms with E-state index in [1.165, 1.54) is 11.3 Å². The number of amides is 1. The monoisotopic (exact) mass is 401 g/mol. The Morgan fingerprint density at radius 3 is 2.63 bits per heavy atom. The van der Waals surface area contributed by atoms with Crippen molar-refractivity contribution in [2.45, 2.75) is 6.10 Å². The molecule has 2 N–H and O–H groups in total. The highest BCUT2D eigenvalue weighted by Gasteiger charge is 2.16. The van der Waals surface area contributed by atoms with E-state index < -0.39 is 0 Å². The molecule has 1 aliphatic heterocycles. The summed E-state index contributed by atoms with van der Waals surface area (Å²) in [6.07, 6.45) is 1.70. The maximum atomic E-state index is 12.5. The van der Waals surface area contributed by atoms with E-state index in [1.54, 1.807) is 6.20 Å². The summed E-state index contributed by atoms with van der Waals surface area (Å²) < 4.78 is 5.74. The molecule has 2 aromatic carbocycles. The van der Waals surface area contributed by atoms with Crippen LogP contribution in [0.2, 0.25) is 0 Å². The summed E-state index contributed by atoms with van der Waals surface area (Å²) in [5, 5.41) is 7.09. The van der Waals surface area contributed by atoms with Crippen LogP contribution in [0.25, 0.3) is 10.6 Å². The zero-order chi connectivity index (χ0) is 17.8. The first-order valence-electron chi connectivity index (χ1n) is 8.54. The van der Waals surface area contributed by atoms with E-state index in [-0.39, 0.29) is 24.4 Å². The van der Waals surface area contributed by atoms with Gasteiger partial charge in [-0.05, 0) is 17.7 Å². The van der Waals surface area contributed by atoms with Crippen molar-refractivity contribution in [1.82, 2.24) is 10.3 Å². The molecular weight excluding hydrogens is 382 g/mol. The van der Waals surface area contributed by atoms with E-state index in [1.807, 2.05) is 54.6 Å². The smallest absolute Gasteiger partial charge is 0.267 e. The number of hydrogen-bond donors (Lipinski definition) is 2. The number of nitrogens with zero attached hydrogens (tertiary/aromatic N) is 1. The van der Waals surface area contributed by atoms with Gasteiger partial charge in [0, 0.05) is 24.3 Å². The van der Waals surface area contributed by atoms with Crippen LogP contribution in [0.1, 0.15) is 21.3 Å². The standard InChI is InChI=1S/C20H19N3O2S.ClH/c24-19(18-13-22-20(26-18)15-4-2-1-3-5-15)23-16-8-6-14(7-9-16)17-12-21-10-11-25-17;/h1-9,13,17,21H,10-12H2,(H,23,24);1H. The fourth-order valence-corrected chi connectivity index (χ4v) is 3.66. The molecule has 27 heavy (non-hydrogen) atoms. The molecule has 0 radical (unpaired) electrons. The van der Waals surface area contributed by atoms with Gasteiger partial charge in [0.15, 0.2) is 0 Å². The van der Waals surface area contributed by atoms with Gasteiger partial charge < -0.3 is 15.4 Å². The third-order valence-corrected chi connectivity index (χ3v) is 5.26. The van der Waals surface area contributed by atoms with Crippen LogP contribution in [-0.4, -0.2) is 30.6 Å². The van der Waals surface area contributed by atoms with E-state index >= 15 is 0 Å². The van der Waals surface area contributed by atoms with Crippen molar-refractivity contribution in [2.75, 3.05) is 25.0 Å². The molecular formula is C20H20ClN3O2S. The molecule has 1 aromatic heterocycles. The van der Waals surface area contributed by atoms with E-state index in [0.717, 1.165) is 41.5 Å². The molecule has 3 aromatic rings. The number of morpholine rings is 1. The molecule has 0 saturated carbocycles. The highest BCUT2D eigenvalue weighted by Crippen LogP contribution is 2.26. The lowest BCUT2D eigenvalue weighted by atomic mass is 10.1. The van der Waals surface area contributed by atoms with Crippen molar-refractivity contribution in [3.05, 3.63) is 71.2 Å². The van der Waals surface area contributed by atoms with E-state index in [4.69, 9.17) is 4.74 Å². The average molecular weight is 402 g/mol. The lowest BCUT2D eigenvalue weighted by Gasteiger charge is -2.24. The van der Waals surface area contributed by atoms with Crippen molar-refractivity contribution in [3.8, 4) is 10.6 Å². The Kier molecular flexibility index (Phi) is 6.58. The van der Waals surface area contributed by atoms with Gasteiger partial charge in [-0.1, -0.05) is 42.5 Å². The van der Waals surface area contributed by atoms with Gasteiger partial charge >= 0.3 is 0 Å². The molecule has 1 aliphatic rings. The Balaban J connectivity index is 0.00000210. The third-order valence-electron chi connectivity index (χ3n) is 4.22. The molecule has 1 unspecified atom stereocenters. The second-order valence-electron chi connectivity index (χ2n) is 6.04. The van der Waals surface area contributed by atoms with Gasteiger partial charge in [-0.2, -0.15) is 0 Å². The fraction of sp³-hybridized carbons (Fsp3) is 0.200. The van der Waals surface area contributed by atoms with Gasteiger partial charge in [0.05, 0.1) is 18.9 Å². The lowest BCUT2D eigenvalue weighted by molar-refractivity contribution is 0.0277. The number of carbonyl (C=O) groups is 1. The highest BCUT2D eigenvalue weighted by atomic mass is 35.5. The lowest BCUT2D eigenvalue weighted by Crippen LogP contribution is -2.33. The molecule has 0 bridgehead atoms. The quantitative estimate of drug-likeness (QED) is 0.689. The van der Waals surface area contributed by atoms with Crippen LogP contribution in [0.15, 0.2) is 60.8 Å². The van der Waals surface area contributed by atoms with Crippen molar-refractivity contribution in [3.63, 3.8) is 0 Å². The zero-order valence-electron chi connectivity index (χ0n) is 14.6. The van der Waals surface area contributed by atoms with E-state index in [0.29, 0.717) is 4.88 Å². The van der Waals surface area contributed by atoms with Gasteiger partial charge in [-0.3, -0.25) is 4.79 Å².